The maximum Gasteiger partial charge on any atom is 0.416 e. The summed E-state index contributed by atoms with van der Waals surface area (Å²) < 4.78 is 52.4. The minimum Gasteiger partial charge on any atom is -0.345 e. The maximum atomic E-state index is 13.2. The lowest BCUT2D eigenvalue weighted by Crippen LogP contribution is -2.55. The Balaban J connectivity index is 1.72. The van der Waals surface area contributed by atoms with Crippen molar-refractivity contribution in [1.82, 2.24) is 10.7 Å². The molecule has 152 valence electrons. The zero-order valence-corrected chi connectivity index (χ0v) is 15.2. The molecule has 1 heterocycles. The van der Waals surface area contributed by atoms with Crippen molar-refractivity contribution in [2.24, 2.45) is 4.99 Å². The summed E-state index contributed by atoms with van der Waals surface area (Å²) in [6, 6.07) is 9.12. The smallest absolute Gasteiger partial charge is 0.345 e. The fourth-order valence-electron chi connectivity index (χ4n) is 2.67. The highest BCUT2D eigenvalue weighted by atomic mass is 19.4. The van der Waals surface area contributed by atoms with Crippen LogP contribution >= 0.6 is 0 Å². The number of hydrazine groups is 1. The van der Waals surface area contributed by atoms with Gasteiger partial charge in [-0.3, -0.25) is 20.0 Å². The van der Waals surface area contributed by atoms with E-state index in [0.717, 1.165) is 22.7 Å². The number of amidine groups is 1. The fourth-order valence-corrected chi connectivity index (χ4v) is 2.67. The standard InChI is InChI=1S/C19H16F4N4O2/c1-11-2-6-14(7-3-11)27-16(28)10-24-17(26-27)18(29)25-9-12-4-5-13(20)8-15(12)19(21,22)23/h2-8H,9-10H2,1H3,(H,24,26)(H,25,29). The van der Waals surface area contributed by atoms with Crippen LogP contribution in [-0.2, 0) is 22.3 Å². The zero-order chi connectivity index (χ0) is 21.2. The first-order valence-corrected chi connectivity index (χ1v) is 8.49. The van der Waals surface area contributed by atoms with Crippen molar-refractivity contribution in [2.75, 3.05) is 11.6 Å². The predicted molar refractivity (Wildman–Crippen MR) is 97.4 cm³/mol. The van der Waals surface area contributed by atoms with Crippen molar-refractivity contribution in [2.45, 2.75) is 19.6 Å². The van der Waals surface area contributed by atoms with E-state index in [4.69, 9.17) is 0 Å². The van der Waals surface area contributed by atoms with Gasteiger partial charge in [-0.05, 0) is 36.8 Å². The van der Waals surface area contributed by atoms with E-state index in [1.807, 2.05) is 6.92 Å². The van der Waals surface area contributed by atoms with E-state index in [2.05, 4.69) is 15.7 Å². The second kappa shape index (κ2) is 7.90. The lowest BCUT2D eigenvalue weighted by atomic mass is 10.1. The number of carbonyl (C=O) groups is 2. The highest BCUT2D eigenvalue weighted by Crippen LogP contribution is 2.32. The minimum atomic E-state index is -4.77. The van der Waals surface area contributed by atoms with Crippen LogP contribution in [0.15, 0.2) is 47.5 Å². The SMILES string of the molecule is Cc1ccc(N2NC(C(=O)NCc3ccc(F)cc3C(F)(F)F)=NCC2=O)cc1. The second-order valence-corrected chi connectivity index (χ2v) is 6.32. The van der Waals surface area contributed by atoms with E-state index in [0.29, 0.717) is 11.8 Å². The molecule has 1 aliphatic rings. The summed E-state index contributed by atoms with van der Waals surface area (Å²) in [7, 11) is 0. The molecule has 0 aromatic heterocycles. The van der Waals surface area contributed by atoms with Gasteiger partial charge in [0.15, 0.2) is 0 Å². The van der Waals surface area contributed by atoms with Gasteiger partial charge in [0.05, 0.1) is 11.3 Å². The van der Waals surface area contributed by atoms with Crippen LogP contribution < -0.4 is 15.8 Å². The quantitative estimate of drug-likeness (QED) is 0.765. The predicted octanol–water partition coefficient (Wildman–Crippen LogP) is 2.72. The largest absolute Gasteiger partial charge is 0.416 e. The molecule has 0 bridgehead atoms. The Kier molecular flexibility index (Phi) is 5.53. The lowest BCUT2D eigenvalue weighted by Gasteiger charge is -2.27. The van der Waals surface area contributed by atoms with Crippen LogP contribution in [0.25, 0.3) is 0 Å². The summed E-state index contributed by atoms with van der Waals surface area (Å²) in [4.78, 5) is 28.2. The second-order valence-electron chi connectivity index (χ2n) is 6.32. The number of nitrogens with zero attached hydrogens (tertiary/aromatic N) is 2. The Bertz CT molecular complexity index is 971. The first-order chi connectivity index (χ1) is 13.6. The van der Waals surface area contributed by atoms with Crippen LogP contribution in [0.1, 0.15) is 16.7 Å². The van der Waals surface area contributed by atoms with E-state index in [1.165, 1.54) is 0 Å². The van der Waals surface area contributed by atoms with Gasteiger partial charge in [0.25, 0.3) is 11.8 Å². The van der Waals surface area contributed by atoms with Crippen LogP contribution in [0.3, 0.4) is 0 Å². The first kappa shape index (κ1) is 20.3. The molecular weight excluding hydrogens is 392 g/mol. The third-order valence-corrected chi connectivity index (χ3v) is 4.16. The number of anilines is 1. The van der Waals surface area contributed by atoms with Gasteiger partial charge < -0.3 is 5.32 Å². The molecular formula is C19H16F4N4O2. The molecule has 0 spiro atoms. The highest BCUT2D eigenvalue weighted by Gasteiger charge is 2.34. The number of benzene rings is 2. The Hall–Kier alpha value is -3.43. The Morgan fingerprint density at radius 1 is 1.21 bits per heavy atom. The van der Waals surface area contributed by atoms with Gasteiger partial charge in [0, 0.05) is 6.54 Å². The monoisotopic (exact) mass is 408 g/mol. The molecule has 0 unspecified atom stereocenters. The van der Waals surface area contributed by atoms with Gasteiger partial charge >= 0.3 is 6.18 Å². The topological polar surface area (TPSA) is 73.8 Å². The Labute approximate surface area is 163 Å². The molecule has 6 nitrogen and oxygen atoms in total. The maximum absolute atomic E-state index is 13.2. The number of alkyl halides is 3. The first-order valence-electron chi connectivity index (χ1n) is 8.49. The van der Waals surface area contributed by atoms with Gasteiger partial charge in [-0.25, -0.2) is 9.40 Å². The number of hydrogen-bond acceptors (Lipinski definition) is 4. The Morgan fingerprint density at radius 2 is 1.90 bits per heavy atom. The van der Waals surface area contributed by atoms with Gasteiger partial charge in [-0.15, -0.1) is 0 Å². The normalized spacial score (nSPS) is 14.3. The van der Waals surface area contributed by atoms with E-state index in [9.17, 15) is 27.2 Å². The molecule has 2 aromatic carbocycles. The summed E-state index contributed by atoms with van der Waals surface area (Å²) in [5, 5.41) is 3.44. The highest BCUT2D eigenvalue weighted by molar-refractivity contribution is 6.39. The van der Waals surface area contributed by atoms with Gasteiger partial charge in [0.1, 0.15) is 12.4 Å². The van der Waals surface area contributed by atoms with E-state index < -0.39 is 35.9 Å². The summed E-state index contributed by atoms with van der Waals surface area (Å²) in [6.45, 7) is 1.08. The number of nitrogens with one attached hydrogen (secondary N) is 2. The molecule has 29 heavy (non-hydrogen) atoms. The fraction of sp³-hybridized carbons (Fsp3) is 0.211. The number of hydrogen-bond donors (Lipinski definition) is 2. The molecule has 2 aromatic rings. The third-order valence-electron chi connectivity index (χ3n) is 4.16. The van der Waals surface area contributed by atoms with Crippen LogP contribution in [0, 0.1) is 12.7 Å². The number of halogens is 4. The summed E-state index contributed by atoms with van der Waals surface area (Å²) in [6.07, 6.45) is -4.77. The van der Waals surface area contributed by atoms with E-state index in [-0.39, 0.29) is 17.9 Å². The lowest BCUT2D eigenvalue weighted by molar-refractivity contribution is -0.138. The van der Waals surface area contributed by atoms with E-state index in [1.54, 1.807) is 24.3 Å². The zero-order valence-electron chi connectivity index (χ0n) is 15.2. The Morgan fingerprint density at radius 3 is 2.55 bits per heavy atom. The summed E-state index contributed by atoms with van der Waals surface area (Å²) in [5.41, 5.74) is 2.56. The van der Waals surface area contributed by atoms with Crippen LogP contribution in [0.4, 0.5) is 23.2 Å². The molecule has 0 saturated heterocycles. The van der Waals surface area contributed by atoms with Crippen molar-refractivity contribution in [3.8, 4) is 0 Å². The number of carbonyl (C=O) groups excluding carboxylic acids is 2. The molecule has 0 saturated carbocycles. The number of rotatable bonds is 4. The number of amides is 2. The summed E-state index contributed by atoms with van der Waals surface area (Å²) in [5.74, 6) is -2.45. The average Bonchev–Trinajstić information content (AvgIpc) is 2.67. The van der Waals surface area contributed by atoms with Crippen LogP contribution in [0.5, 0.6) is 0 Å². The van der Waals surface area contributed by atoms with Gasteiger partial charge in [-0.1, -0.05) is 23.8 Å². The summed E-state index contributed by atoms with van der Waals surface area (Å²) >= 11 is 0. The number of aliphatic imine (C=N–C) groups is 1. The van der Waals surface area contributed by atoms with Crippen molar-refractivity contribution in [3.63, 3.8) is 0 Å². The third kappa shape index (κ3) is 4.71. The molecule has 3 rings (SSSR count). The molecule has 10 heteroatoms. The molecule has 0 aliphatic carbocycles. The number of aryl methyl sites for hydroxylation is 1. The molecule has 0 fully saturated rings. The molecule has 0 atom stereocenters. The molecule has 2 N–H and O–H groups in total. The van der Waals surface area contributed by atoms with E-state index >= 15 is 0 Å². The van der Waals surface area contributed by atoms with Crippen LogP contribution in [0.2, 0.25) is 0 Å². The molecule has 2 amide bonds. The van der Waals surface area contributed by atoms with Crippen molar-refractivity contribution in [1.29, 1.82) is 0 Å². The van der Waals surface area contributed by atoms with Gasteiger partial charge in [-0.2, -0.15) is 13.2 Å². The van der Waals surface area contributed by atoms with Gasteiger partial charge in [0.2, 0.25) is 5.84 Å². The molecule has 0 radical (unpaired) electrons. The molecule has 1 aliphatic heterocycles. The van der Waals surface area contributed by atoms with Crippen LogP contribution in [-0.4, -0.2) is 24.2 Å². The van der Waals surface area contributed by atoms with Crippen molar-refractivity contribution >= 4 is 23.3 Å². The van der Waals surface area contributed by atoms with Crippen molar-refractivity contribution < 1.29 is 27.2 Å². The van der Waals surface area contributed by atoms with Crippen molar-refractivity contribution in [3.05, 3.63) is 65.0 Å². The minimum absolute atomic E-state index is 0.221. The average molecular weight is 408 g/mol.